The summed E-state index contributed by atoms with van der Waals surface area (Å²) in [6.45, 7) is 0. The molecule has 0 fully saturated rings. The quantitative estimate of drug-likeness (QED) is 0.164. The van der Waals surface area contributed by atoms with Crippen molar-refractivity contribution in [3.8, 4) is 44.5 Å². The molecule has 12 rings (SSSR count). The number of thiophene rings is 1. The lowest BCUT2D eigenvalue weighted by atomic mass is 9.84. The molecule has 1 nitrogen and oxygen atoms in total. The maximum atomic E-state index is 6.60. The number of aryl methyl sites for hydroxylation is 1. The SMILES string of the molecule is C1=Cc2c(sc3ccc4oc5ccc(-c6c7ccccc7c(-c7ccc(-c8ccccc8)cc7)c7ccc(-c8cccc9ccccc89)cc67)cc5c4c23)CC1. The Morgan fingerprint density at radius 1 is 0.429 bits per heavy atom. The molecule has 2 heteroatoms. The highest BCUT2D eigenvalue weighted by molar-refractivity contribution is 7.19. The summed E-state index contributed by atoms with van der Waals surface area (Å²) in [5.74, 6) is 0. The molecular weight excluding hydrogens is 697 g/mol. The van der Waals surface area contributed by atoms with Crippen LogP contribution in [0.5, 0.6) is 0 Å². The first-order valence-corrected chi connectivity index (χ1v) is 20.3. The summed E-state index contributed by atoms with van der Waals surface area (Å²) < 4.78 is 7.94. The third-order valence-corrected chi connectivity index (χ3v) is 13.1. The van der Waals surface area contributed by atoms with Gasteiger partial charge in [-0.3, -0.25) is 0 Å². The van der Waals surface area contributed by atoms with Gasteiger partial charge in [0.25, 0.3) is 0 Å². The Bertz CT molecular complexity index is 3390. The normalized spacial score (nSPS) is 12.8. The first-order valence-electron chi connectivity index (χ1n) is 19.5. The molecule has 0 saturated heterocycles. The topological polar surface area (TPSA) is 13.1 Å². The minimum atomic E-state index is 0.927. The predicted molar refractivity (Wildman–Crippen MR) is 241 cm³/mol. The number of hydrogen-bond donors (Lipinski definition) is 0. The zero-order chi connectivity index (χ0) is 36.7. The maximum Gasteiger partial charge on any atom is 0.136 e. The van der Waals surface area contributed by atoms with Crippen LogP contribution in [-0.4, -0.2) is 0 Å². The van der Waals surface area contributed by atoms with Crippen LogP contribution in [0.15, 0.2) is 180 Å². The second-order valence-electron chi connectivity index (χ2n) is 15.0. The molecule has 0 bridgehead atoms. The molecule has 11 aromatic rings. The van der Waals surface area contributed by atoms with Gasteiger partial charge in [-0.2, -0.15) is 0 Å². The molecule has 0 unspecified atom stereocenters. The molecule has 0 spiro atoms. The molecule has 1 aliphatic rings. The van der Waals surface area contributed by atoms with Crippen molar-refractivity contribution in [3.63, 3.8) is 0 Å². The standard InChI is InChI=1S/C54H34OS/c1-2-11-33(12-3-1)34-21-23-36(24-22-34)51-41-16-6-7-17-42(41)52(45-31-37(25-27-43(45)51)40-19-10-14-35-13-4-5-15-39(35)40)38-26-28-47-46(32-38)53-48(55-47)29-30-50-54(53)44-18-8-9-20-49(44)56-50/h1-8,10-19,21-32H,9,20H2. The zero-order valence-corrected chi connectivity index (χ0v) is 31.4. The van der Waals surface area contributed by atoms with Gasteiger partial charge in [0.15, 0.2) is 0 Å². The summed E-state index contributed by atoms with van der Waals surface area (Å²) in [6.07, 6.45) is 6.86. The molecule has 0 radical (unpaired) electrons. The first-order chi connectivity index (χ1) is 27.8. The highest BCUT2D eigenvalue weighted by Crippen LogP contribution is 2.48. The van der Waals surface area contributed by atoms with Crippen molar-refractivity contribution in [1.82, 2.24) is 0 Å². The smallest absolute Gasteiger partial charge is 0.136 e. The third kappa shape index (κ3) is 4.79. The molecule has 56 heavy (non-hydrogen) atoms. The van der Waals surface area contributed by atoms with Gasteiger partial charge in [-0.1, -0.05) is 152 Å². The third-order valence-electron chi connectivity index (χ3n) is 11.9. The second-order valence-corrected chi connectivity index (χ2v) is 16.2. The van der Waals surface area contributed by atoms with Gasteiger partial charge < -0.3 is 4.42 Å². The first kappa shape index (κ1) is 31.6. The van der Waals surface area contributed by atoms with Gasteiger partial charge >= 0.3 is 0 Å². The molecule has 0 N–H and O–H groups in total. The van der Waals surface area contributed by atoms with Crippen LogP contribution < -0.4 is 0 Å². The fraction of sp³-hybridized carbons (Fsp3) is 0.0370. The van der Waals surface area contributed by atoms with Gasteiger partial charge in [0.05, 0.1) is 0 Å². The molecule has 1 aliphatic carbocycles. The highest BCUT2D eigenvalue weighted by Gasteiger charge is 2.22. The number of hydrogen-bond acceptors (Lipinski definition) is 2. The van der Waals surface area contributed by atoms with Gasteiger partial charge in [-0.25, -0.2) is 0 Å². The maximum absolute atomic E-state index is 6.60. The number of fused-ring (bicyclic) bond motifs is 10. The molecule has 2 heterocycles. The molecule has 2 aromatic heterocycles. The monoisotopic (exact) mass is 730 g/mol. The van der Waals surface area contributed by atoms with E-state index in [0.29, 0.717) is 0 Å². The Kier molecular flexibility index (Phi) is 6.99. The Morgan fingerprint density at radius 2 is 1.07 bits per heavy atom. The second kappa shape index (κ2) is 12.4. The van der Waals surface area contributed by atoms with Crippen molar-refractivity contribution < 1.29 is 4.42 Å². The molecule has 9 aromatic carbocycles. The molecule has 0 atom stereocenters. The summed E-state index contributed by atoms with van der Waals surface area (Å²) in [5.41, 5.74) is 13.1. The van der Waals surface area contributed by atoms with Gasteiger partial charge in [-0.15, -0.1) is 11.3 Å². The molecule has 0 saturated carbocycles. The van der Waals surface area contributed by atoms with Gasteiger partial charge in [-0.05, 0) is 126 Å². The molecular formula is C54H34OS. The van der Waals surface area contributed by atoms with Crippen LogP contribution in [0.25, 0.3) is 115 Å². The van der Waals surface area contributed by atoms with E-state index in [1.54, 1.807) is 0 Å². The Labute approximate surface area is 328 Å². The van der Waals surface area contributed by atoms with Crippen molar-refractivity contribution in [3.05, 3.63) is 186 Å². The van der Waals surface area contributed by atoms with Gasteiger partial charge in [0.1, 0.15) is 11.2 Å². The highest BCUT2D eigenvalue weighted by atomic mass is 32.1. The van der Waals surface area contributed by atoms with E-state index in [9.17, 15) is 0 Å². The van der Waals surface area contributed by atoms with Crippen LogP contribution >= 0.6 is 11.3 Å². The number of rotatable bonds is 4. The summed E-state index contributed by atoms with van der Waals surface area (Å²) in [6, 6.07) is 62.5. The lowest BCUT2D eigenvalue weighted by Crippen LogP contribution is -1.92. The Hall–Kier alpha value is -6.74. The molecule has 262 valence electrons. The van der Waals surface area contributed by atoms with Crippen molar-refractivity contribution in [2.75, 3.05) is 0 Å². The summed E-state index contributed by atoms with van der Waals surface area (Å²) in [5, 5.41) is 11.2. The largest absolute Gasteiger partial charge is 0.456 e. The van der Waals surface area contributed by atoms with E-state index in [1.165, 1.54) is 108 Å². The predicted octanol–water partition coefficient (Wildman–Crippen LogP) is 15.9. The van der Waals surface area contributed by atoms with Crippen LogP contribution in [-0.2, 0) is 6.42 Å². The molecule has 0 aliphatic heterocycles. The molecule has 0 amide bonds. The van der Waals surface area contributed by atoms with Crippen molar-refractivity contribution in [1.29, 1.82) is 0 Å². The van der Waals surface area contributed by atoms with E-state index >= 15 is 0 Å². The average molecular weight is 731 g/mol. The van der Waals surface area contributed by atoms with Gasteiger partial charge in [0, 0.05) is 25.7 Å². The Balaban J connectivity index is 1.16. The fourth-order valence-electron chi connectivity index (χ4n) is 9.37. The van der Waals surface area contributed by atoms with E-state index < -0.39 is 0 Å². The van der Waals surface area contributed by atoms with E-state index in [-0.39, 0.29) is 0 Å². The van der Waals surface area contributed by atoms with E-state index in [2.05, 4.69) is 182 Å². The van der Waals surface area contributed by atoms with E-state index in [1.807, 2.05) is 11.3 Å². The van der Waals surface area contributed by atoms with Crippen molar-refractivity contribution in [2.45, 2.75) is 12.8 Å². The number of allylic oxidation sites excluding steroid dienone is 1. The minimum absolute atomic E-state index is 0.927. The lowest BCUT2D eigenvalue weighted by molar-refractivity contribution is 0.669. The van der Waals surface area contributed by atoms with Crippen LogP contribution in [0.1, 0.15) is 16.9 Å². The van der Waals surface area contributed by atoms with Crippen LogP contribution in [0, 0.1) is 0 Å². The van der Waals surface area contributed by atoms with Crippen molar-refractivity contribution in [2.24, 2.45) is 0 Å². The summed E-state index contributed by atoms with van der Waals surface area (Å²) in [7, 11) is 0. The fourth-order valence-corrected chi connectivity index (χ4v) is 10.6. The van der Waals surface area contributed by atoms with Crippen LogP contribution in [0.4, 0.5) is 0 Å². The van der Waals surface area contributed by atoms with E-state index in [0.717, 1.165) is 24.0 Å². The lowest BCUT2D eigenvalue weighted by Gasteiger charge is -2.19. The van der Waals surface area contributed by atoms with Gasteiger partial charge in [0.2, 0.25) is 0 Å². The van der Waals surface area contributed by atoms with Crippen LogP contribution in [0.3, 0.4) is 0 Å². The average Bonchev–Trinajstić information content (AvgIpc) is 3.83. The van der Waals surface area contributed by atoms with Crippen LogP contribution in [0.2, 0.25) is 0 Å². The summed E-state index contributed by atoms with van der Waals surface area (Å²) in [4.78, 5) is 1.48. The zero-order valence-electron chi connectivity index (χ0n) is 30.6. The minimum Gasteiger partial charge on any atom is -0.456 e. The van der Waals surface area contributed by atoms with Crippen molar-refractivity contribution >= 4 is 81.8 Å². The Morgan fingerprint density at radius 3 is 1.93 bits per heavy atom. The number of furan rings is 1. The summed E-state index contributed by atoms with van der Waals surface area (Å²) >= 11 is 1.94. The van der Waals surface area contributed by atoms with E-state index in [4.69, 9.17) is 4.42 Å². The number of benzene rings is 9.